The predicted octanol–water partition coefficient (Wildman–Crippen LogP) is 3.50. The number of benzene rings is 1. The van der Waals surface area contributed by atoms with Gasteiger partial charge in [0.25, 0.3) is 0 Å². The molecule has 0 bridgehead atoms. The number of hydrogen-bond acceptors (Lipinski definition) is 4. The van der Waals surface area contributed by atoms with Crippen LogP contribution in [0.5, 0.6) is 0 Å². The molecule has 1 aromatic carbocycles. The molecule has 0 saturated carbocycles. The van der Waals surface area contributed by atoms with Crippen LogP contribution >= 0.6 is 0 Å². The lowest BCUT2D eigenvalue weighted by Crippen LogP contribution is -2.20. The third-order valence-electron chi connectivity index (χ3n) is 4.03. The summed E-state index contributed by atoms with van der Waals surface area (Å²) in [7, 11) is 0. The van der Waals surface area contributed by atoms with Crippen molar-refractivity contribution in [3.8, 4) is 0 Å². The van der Waals surface area contributed by atoms with Gasteiger partial charge >= 0.3 is 0 Å². The third kappa shape index (κ3) is 3.35. The lowest BCUT2D eigenvalue weighted by Gasteiger charge is -2.15. The SMILES string of the molecule is CC(C)(C)c1noc([C@@H]2CCN(Cc3cccc(F)c3)C2)n1. The van der Waals surface area contributed by atoms with E-state index in [0.29, 0.717) is 0 Å². The zero-order valence-electron chi connectivity index (χ0n) is 13.3. The number of rotatable bonds is 3. The molecule has 0 N–H and O–H groups in total. The van der Waals surface area contributed by atoms with Crippen molar-refractivity contribution in [2.24, 2.45) is 0 Å². The van der Waals surface area contributed by atoms with Crippen molar-refractivity contribution in [2.75, 3.05) is 13.1 Å². The van der Waals surface area contributed by atoms with Crippen LogP contribution in [0.2, 0.25) is 0 Å². The molecule has 2 heterocycles. The van der Waals surface area contributed by atoms with Crippen molar-refractivity contribution in [3.05, 3.63) is 47.4 Å². The van der Waals surface area contributed by atoms with Gasteiger partial charge in [-0.15, -0.1) is 0 Å². The van der Waals surface area contributed by atoms with Crippen molar-refractivity contribution in [3.63, 3.8) is 0 Å². The summed E-state index contributed by atoms with van der Waals surface area (Å²) in [4.78, 5) is 6.86. The Hall–Kier alpha value is -1.75. The van der Waals surface area contributed by atoms with Crippen LogP contribution in [0.4, 0.5) is 4.39 Å². The zero-order chi connectivity index (χ0) is 15.7. The maximum atomic E-state index is 13.2. The molecule has 1 fully saturated rings. The normalized spacial score (nSPS) is 19.7. The fraction of sp³-hybridized carbons (Fsp3) is 0.529. The molecule has 0 aliphatic carbocycles. The smallest absolute Gasteiger partial charge is 0.231 e. The van der Waals surface area contributed by atoms with Crippen molar-refractivity contribution in [2.45, 2.75) is 45.1 Å². The zero-order valence-corrected chi connectivity index (χ0v) is 13.3. The summed E-state index contributed by atoms with van der Waals surface area (Å²) >= 11 is 0. The molecule has 0 amide bonds. The fourth-order valence-electron chi connectivity index (χ4n) is 2.78. The Kier molecular flexibility index (Phi) is 4.00. The Balaban J connectivity index is 1.64. The first-order chi connectivity index (χ1) is 10.4. The lowest BCUT2D eigenvalue weighted by molar-refractivity contribution is 0.307. The van der Waals surface area contributed by atoms with E-state index in [-0.39, 0.29) is 17.2 Å². The third-order valence-corrected chi connectivity index (χ3v) is 4.03. The fourth-order valence-corrected chi connectivity index (χ4v) is 2.78. The molecule has 0 spiro atoms. The number of aromatic nitrogens is 2. The van der Waals surface area contributed by atoms with Crippen LogP contribution in [0.25, 0.3) is 0 Å². The van der Waals surface area contributed by atoms with Crippen molar-refractivity contribution < 1.29 is 8.91 Å². The maximum Gasteiger partial charge on any atom is 0.231 e. The molecule has 4 nitrogen and oxygen atoms in total. The summed E-state index contributed by atoms with van der Waals surface area (Å²) in [6, 6.07) is 6.78. The highest BCUT2D eigenvalue weighted by Crippen LogP contribution is 2.29. The second kappa shape index (κ2) is 5.80. The van der Waals surface area contributed by atoms with Crippen LogP contribution in [0, 0.1) is 5.82 Å². The van der Waals surface area contributed by atoms with Crippen LogP contribution in [-0.4, -0.2) is 28.1 Å². The van der Waals surface area contributed by atoms with E-state index in [1.807, 2.05) is 6.07 Å². The Morgan fingerprint density at radius 1 is 1.36 bits per heavy atom. The highest BCUT2D eigenvalue weighted by Gasteiger charge is 2.30. The second-order valence-corrected chi connectivity index (χ2v) is 7.06. The molecular formula is C17H22FN3O. The highest BCUT2D eigenvalue weighted by atomic mass is 19.1. The Morgan fingerprint density at radius 2 is 2.18 bits per heavy atom. The van der Waals surface area contributed by atoms with Gasteiger partial charge in [-0.3, -0.25) is 4.90 Å². The number of halogens is 1. The minimum atomic E-state index is -0.181. The molecule has 2 aromatic rings. The molecule has 3 rings (SSSR count). The maximum absolute atomic E-state index is 13.2. The average molecular weight is 303 g/mol. The van der Waals surface area contributed by atoms with Gasteiger partial charge in [0.2, 0.25) is 5.89 Å². The van der Waals surface area contributed by atoms with Crippen LogP contribution in [0.1, 0.15) is 50.4 Å². The van der Waals surface area contributed by atoms with E-state index >= 15 is 0 Å². The topological polar surface area (TPSA) is 42.2 Å². The average Bonchev–Trinajstić information content (AvgIpc) is 3.06. The Bertz CT molecular complexity index is 647. The first-order valence-electron chi connectivity index (χ1n) is 7.73. The summed E-state index contributed by atoms with van der Waals surface area (Å²) in [5, 5.41) is 4.10. The van der Waals surface area contributed by atoms with Crippen LogP contribution < -0.4 is 0 Å². The minimum Gasteiger partial charge on any atom is -0.339 e. The standard InChI is InChI=1S/C17H22FN3O/c1-17(2,3)16-19-15(22-20-16)13-7-8-21(11-13)10-12-5-4-6-14(18)9-12/h4-6,9,13H,7-8,10-11H2,1-3H3/t13-/m1/s1. The molecular weight excluding hydrogens is 281 g/mol. The summed E-state index contributed by atoms with van der Waals surface area (Å²) in [6.07, 6.45) is 1.00. The van der Waals surface area contributed by atoms with Gasteiger partial charge < -0.3 is 4.52 Å². The molecule has 1 saturated heterocycles. The van der Waals surface area contributed by atoms with Gasteiger partial charge in [-0.25, -0.2) is 4.39 Å². The predicted molar refractivity (Wildman–Crippen MR) is 82.0 cm³/mol. The van der Waals surface area contributed by atoms with Crippen LogP contribution in [0.3, 0.4) is 0 Å². The summed E-state index contributed by atoms with van der Waals surface area (Å²) in [5.41, 5.74) is 0.906. The van der Waals surface area contributed by atoms with Gasteiger partial charge in [-0.05, 0) is 30.7 Å². The van der Waals surface area contributed by atoms with E-state index in [0.717, 1.165) is 43.3 Å². The van der Waals surface area contributed by atoms with E-state index in [9.17, 15) is 4.39 Å². The van der Waals surface area contributed by atoms with Crippen LogP contribution in [-0.2, 0) is 12.0 Å². The largest absolute Gasteiger partial charge is 0.339 e. The molecule has 1 aromatic heterocycles. The molecule has 1 atom stereocenters. The summed E-state index contributed by atoms with van der Waals surface area (Å²) in [6.45, 7) is 8.83. The van der Waals surface area contributed by atoms with E-state index in [4.69, 9.17) is 4.52 Å². The molecule has 1 aliphatic heterocycles. The second-order valence-electron chi connectivity index (χ2n) is 7.06. The first kappa shape index (κ1) is 15.2. The van der Waals surface area contributed by atoms with Crippen molar-refractivity contribution in [1.29, 1.82) is 0 Å². The van der Waals surface area contributed by atoms with Gasteiger partial charge in [0, 0.05) is 18.5 Å². The molecule has 0 radical (unpaired) electrons. The highest BCUT2D eigenvalue weighted by molar-refractivity contribution is 5.16. The van der Waals surface area contributed by atoms with Gasteiger partial charge in [0.15, 0.2) is 5.82 Å². The van der Waals surface area contributed by atoms with Gasteiger partial charge in [0.05, 0.1) is 5.92 Å². The van der Waals surface area contributed by atoms with Crippen LogP contribution in [0.15, 0.2) is 28.8 Å². The molecule has 0 unspecified atom stereocenters. The quantitative estimate of drug-likeness (QED) is 0.870. The Labute approximate surface area is 130 Å². The molecule has 5 heteroatoms. The summed E-state index contributed by atoms with van der Waals surface area (Å²) in [5.74, 6) is 1.58. The van der Waals surface area contributed by atoms with E-state index in [1.54, 1.807) is 12.1 Å². The number of hydrogen-bond donors (Lipinski definition) is 0. The molecule has 1 aliphatic rings. The summed E-state index contributed by atoms with van der Waals surface area (Å²) < 4.78 is 18.7. The van der Waals surface area contributed by atoms with E-state index in [1.165, 1.54) is 6.07 Å². The van der Waals surface area contributed by atoms with E-state index in [2.05, 4.69) is 35.8 Å². The molecule has 22 heavy (non-hydrogen) atoms. The lowest BCUT2D eigenvalue weighted by atomic mass is 9.96. The first-order valence-corrected chi connectivity index (χ1v) is 7.73. The van der Waals surface area contributed by atoms with Gasteiger partial charge in [0.1, 0.15) is 5.82 Å². The minimum absolute atomic E-state index is 0.0956. The van der Waals surface area contributed by atoms with Gasteiger partial charge in [-0.1, -0.05) is 38.1 Å². The van der Waals surface area contributed by atoms with Crippen molar-refractivity contribution in [1.82, 2.24) is 15.0 Å². The monoisotopic (exact) mass is 303 g/mol. The van der Waals surface area contributed by atoms with Crippen molar-refractivity contribution >= 4 is 0 Å². The molecule has 118 valence electrons. The number of likely N-dealkylation sites (tertiary alicyclic amines) is 1. The van der Waals surface area contributed by atoms with Gasteiger partial charge in [-0.2, -0.15) is 4.98 Å². The van der Waals surface area contributed by atoms with E-state index < -0.39 is 0 Å². The number of nitrogens with zero attached hydrogens (tertiary/aromatic N) is 3. The Morgan fingerprint density at radius 3 is 2.86 bits per heavy atom.